The summed E-state index contributed by atoms with van der Waals surface area (Å²) >= 11 is 0. The predicted octanol–water partition coefficient (Wildman–Crippen LogP) is 1.80. The molecule has 0 amide bonds. The summed E-state index contributed by atoms with van der Waals surface area (Å²) in [5, 5.41) is 3.19. The molecule has 1 aliphatic heterocycles. The van der Waals surface area contributed by atoms with Crippen LogP contribution in [0.1, 0.15) is 31.1 Å². The van der Waals surface area contributed by atoms with Gasteiger partial charge in [-0.3, -0.25) is 0 Å². The molecule has 0 radical (unpaired) electrons. The van der Waals surface area contributed by atoms with Crippen molar-refractivity contribution in [3.63, 3.8) is 0 Å². The largest absolute Gasteiger partial charge is 0.462 e. The van der Waals surface area contributed by atoms with E-state index in [-0.39, 0.29) is 41.6 Å². The first-order valence-corrected chi connectivity index (χ1v) is 8.94. The molecule has 0 aliphatic carbocycles. The molecule has 1 aromatic rings. The maximum absolute atomic E-state index is 13.8. The second kappa shape index (κ2) is 8.24. The van der Waals surface area contributed by atoms with Crippen LogP contribution >= 0.6 is 12.4 Å². The van der Waals surface area contributed by atoms with Gasteiger partial charge in [0.2, 0.25) is 10.0 Å². The van der Waals surface area contributed by atoms with Crippen molar-refractivity contribution in [2.45, 2.75) is 37.8 Å². The fourth-order valence-electron chi connectivity index (χ4n) is 2.54. The summed E-state index contributed by atoms with van der Waals surface area (Å²) in [5.74, 6) is -1.53. The molecule has 136 valence electrons. The number of hydrogen-bond donors (Lipinski definition) is 1. The molecule has 2 unspecified atom stereocenters. The number of halogens is 2. The lowest BCUT2D eigenvalue weighted by atomic mass is 10.1. The van der Waals surface area contributed by atoms with Crippen molar-refractivity contribution in [3.8, 4) is 0 Å². The number of rotatable bonds is 4. The molecular weight excluding hydrogens is 359 g/mol. The van der Waals surface area contributed by atoms with Crippen LogP contribution < -0.4 is 5.32 Å². The highest BCUT2D eigenvalue weighted by Gasteiger charge is 2.35. The highest BCUT2D eigenvalue weighted by Crippen LogP contribution is 2.23. The molecule has 1 aliphatic rings. The van der Waals surface area contributed by atoms with Gasteiger partial charge in [0, 0.05) is 25.2 Å². The quantitative estimate of drug-likeness (QED) is 0.806. The van der Waals surface area contributed by atoms with E-state index in [1.807, 2.05) is 6.92 Å². The van der Waals surface area contributed by atoms with Crippen molar-refractivity contribution >= 4 is 28.4 Å². The van der Waals surface area contributed by atoms with Crippen LogP contribution in [0.5, 0.6) is 0 Å². The van der Waals surface area contributed by atoms with Crippen LogP contribution in [0.15, 0.2) is 23.1 Å². The van der Waals surface area contributed by atoms with E-state index in [4.69, 9.17) is 4.74 Å². The Hall–Kier alpha value is -1.22. The third kappa shape index (κ3) is 4.24. The maximum atomic E-state index is 13.8. The average Bonchev–Trinajstić information content (AvgIpc) is 2.49. The number of nitrogens with one attached hydrogen (secondary N) is 1. The van der Waals surface area contributed by atoms with E-state index in [0.29, 0.717) is 13.1 Å². The smallest absolute Gasteiger partial charge is 0.338 e. The normalized spacial score (nSPS) is 21.8. The number of hydrogen-bond acceptors (Lipinski definition) is 5. The van der Waals surface area contributed by atoms with E-state index in [2.05, 4.69) is 5.32 Å². The SMILES string of the molecule is CCOC(=O)c1cc(F)cc(S(=O)(=O)N2CCNC(C)C2C)c1.Cl. The van der Waals surface area contributed by atoms with Gasteiger partial charge in [0.1, 0.15) is 5.82 Å². The molecule has 6 nitrogen and oxygen atoms in total. The molecule has 9 heteroatoms. The Labute approximate surface area is 147 Å². The molecule has 24 heavy (non-hydrogen) atoms. The zero-order valence-corrected chi connectivity index (χ0v) is 15.4. The van der Waals surface area contributed by atoms with Crippen molar-refractivity contribution in [3.05, 3.63) is 29.6 Å². The summed E-state index contributed by atoms with van der Waals surface area (Å²) in [7, 11) is -3.89. The minimum atomic E-state index is -3.89. The minimum Gasteiger partial charge on any atom is -0.462 e. The predicted molar refractivity (Wildman–Crippen MR) is 90.4 cm³/mol. The van der Waals surface area contributed by atoms with Gasteiger partial charge < -0.3 is 10.1 Å². The van der Waals surface area contributed by atoms with Gasteiger partial charge in [-0.05, 0) is 39.0 Å². The third-order valence-electron chi connectivity index (χ3n) is 3.97. The van der Waals surface area contributed by atoms with Crippen LogP contribution in [-0.4, -0.2) is 50.5 Å². The molecular formula is C15H22ClFN2O4S. The van der Waals surface area contributed by atoms with E-state index >= 15 is 0 Å². The fraction of sp³-hybridized carbons (Fsp3) is 0.533. The summed E-state index contributed by atoms with van der Waals surface area (Å²) in [4.78, 5) is 11.5. The zero-order chi connectivity index (χ0) is 17.2. The van der Waals surface area contributed by atoms with E-state index < -0.39 is 21.8 Å². The van der Waals surface area contributed by atoms with Gasteiger partial charge in [-0.15, -0.1) is 12.4 Å². The van der Waals surface area contributed by atoms with Crippen molar-refractivity contribution in [1.29, 1.82) is 0 Å². The number of nitrogens with zero attached hydrogens (tertiary/aromatic N) is 1. The molecule has 2 atom stereocenters. The van der Waals surface area contributed by atoms with Crippen LogP contribution in [0.25, 0.3) is 0 Å². The number of carbonyl (C=O) groups excluding carboxylic acids is 1. The van der Waals surface area contributed by atoms with Gasteiger partial charge in [-0.25, -0.2) is 17.6 Å². The van der Waals surface area contributed by atoms with Gasteiger partial charge in [-0.2, -0.15) is 4.31 Å². The lowest BCUT2D eigenvalue weighted by Crippen LogP contribution is -2.57. The van der Waals surface area contributed by atoms with E-state index in [1.165, 1.54) is 4.31 Å². The molecule has 1 saturated heterocycles. The summed E-state index contributed by atoms with van der Waals surface area (Å²) in [6, 6.07) is 2.77. The van der Waals surface area contributed by atoms with E-state index in [0.717, 1.165) is 18.2 Å². The van der Waals surface area contributed by atoms with Crippen molar-refractivity contribution in [1.82, 2.24) is 9.62 Å². The van der Waals surface area contributed by atoms with Gasteiger partial charge in [-0.1, -0.05) is 0 Å². The van der Waals surface area contributed by atoms with Gasteiger partial charge >= 0.3 is 5.97 Å². The highest BCUT2D eigenvalue weighted by molar-refractivity contribution is 7.89. The lowest BCUT2D eigenvalue weighted by molar-refractivity contribution is 0.0525. The Balaban J connectivity index is 0.00000288. The second-order valence-electron chi connectivity index (χ2n) is 5.50. The first-order chi connectivity index (χ1) is 10.8. The summed E-state index contributed by atoms with van der Waals surface area (Å²) < 4.78 is 45.6. The Morgan fingerprint density at radius 2 is 2.04 bits per heavy atom. The maximum Gasteiger partial charge on any atom is 0.338 e. The number of ether oxygens (including phenoxy) is 1. The average molecular weight is 381 g/mol. The molecule has 1 aromatic carbocycles. The van der Waals surface area contributed by atoms with Gasteiger partial charge in [0.15, 0.2) is 0 Å². The van der Waals surface area contributed by atoms with Crippen molar-refractivity contribution in [2.24, 2.45) is 0 Å². The Bertz CT molecular complexity index is 699. The number of sulfonamides is 1. The van der Waals surface area contributed by atoms with Crippen LogP contribution in [0, 0.1) is 5.82 Å². The molecule has 0 aromatic heterocycles. The molecule has 0 spiro atoms. The van der Waals surface area contributed by atoms with Crippen LogP contribution in [0.4, 0.5) is 4.39 Å². The Kier molecular flexibility index (Phi) is 7.15. The van der Waals surface area contributed by atoms with Crippen LogP contribution in [-0.2, 0) is 14.8 Å². The second-order valence-corrected chi connectivity index (χ2v) is 7.39. The van der Waals surface area contributed by atoms with Crippen LogP contribution in [0.3, 0.4) is 0 Å². The fourth-order valence-corrected chi connectivity index (χ4v) is 4.30. The number of esters is 1. The van der Waals surface area contributed by atoms with E-state index in [1.54, 1.807) is 13.8 Å². The summed E-state index contributed by atoms with van der Waals surface area (Å²) in [6.45, 7) is 6.24. The van der Waals surface area contributed by atoms with Crippen molar-refractivity contribution < 1.29 is 22.3 Å². The van der Waals surface area contributed by atoms with Gasteiger partial charge in [0.05, 0.1) is 17.1 Å². The highest BCUT2D eigenvalue weighted by atomic mass is 35.5. The zero-order valence-electron chi connectivity index (χ0n) is 13.8. The Morgan fingerprint density at radius 3 is 2.67 bits per heavy atom. The van der Waals surface area contributed by atoms with Crippen molar-refractivity contribution in [2.75, 3.05) is 19.7 Å². The molecule has 1 heterocycles. The first kappa shape index (κ1) is 20.8. The van der Waals surface area contributed by atoms with Crippen LogP contribution in [0.2, 0.25) is 0 Å². The monoisotopic (exact) mass is 380 g/mol. The number of benzene rings is 1. The molecule has 1 fully saturated rings. The molecule has 2 rings (SSSR count). The topological polar surface area (TPSA) is 75.7 Å². The Morgan fingerprint density at radius 1 is 1.38 bits per heavy atom. The summed E-state index contributed by atoms with van der Waals surface area (Å²) in [6.07, 6.45) is 0. The minimum absolute atomic E-state index is 0. The third-order valence-corrected chi connectivity index (χ3v) is 5.93. The summed E-state index contributed by atoms with van der Waals surface area (Å²) in [5.41, 5.74) is -0.110. The number of carbonyl (C=O) groups is 1. The molecule has 1 N–H and O–H groups in total. The lowest BCUT2D eigenvalue weighted by Gasteiger charge is -2.37. The first-order valence-electron chi connectivity index (χ1n) is 7.50. The molecule has 0 bridgehead atoms. The standard InChI is InChI=1S/C15H21FN2O4S.ClH/c1-4-22-15(19)12-7-13(16)9-14(8-12)23(20,21)18-6-5-17-10(2)11(18)3;/h7-11,17H,4-6H2,1-3H3;1H. The van der Waals surface area contributed by atoms with E-state index in [9.17, 15) is 17.6 Å². The van der Waals surface area contributed by atoms with Gasteiger partial charge in [0.25, 0.3) is 0 Å². The molecule has 0 saturated carbocycles. The number of piperazine rings is 1.